The Labute approximate surface area is 113 Å². The molecule has 2 rings (SSSR count). The first-order valence-corrected chi connectivity index (χ1v) is 6.43. The van der Waals surface area contributed by atoms with Gasteiger partial charge in [0.25, 0.3) is 0 Å². The molecule has 1 fully saturated rings. The van der Waals surface area contributed by atoms with Crippen LogP contribution in [0.4, 0.5) is 0 Å². The molecule has 1 aromatic carbocycles. The van der Waals surface area contributed by atoms with E-state index >= 15 is 0 Å². The predicted molar refractivity (Wildman–Crippen MR) is 73.5 cm³/mol. The topological polar surface area (TPSA) is 49.4 Å². The van der Waals surface area contributed by atoms with Crippen molar-refractivity contribution in [1.29, 1.82) is 0 Å². The van der Waals surface area contributed by atoms with Gasteiger partial charge < -0.3 is 10.2 Å². The standard InChI is InChI=1S/C15H18N2O2/c1-2-14(18)16-13-8-9-17(11-13)15(19)10-12-6-4-3-5-7-12/h2-7,13H,1,8-11H2,(H,16,18). The number of nitrogens with zero attached hydrogens (tertiary/aromatic N) is 1. The van der Waals surface area contributed by atoms with Gasteiger partial charge in [-0.3, -0.25) is 9.59 Å². The number of nitrogens with one attached hydrogen (secondary N) is 1. The van der Waals surface area contributed by atoms with E-state index in [-0.39, 0.29) is 17.9 Å². The van der Waals surface area contributed by atoms with Crippen LogP contribution in [-0.4, -0.2) is 35.8 Å². The molecule has 2 amide bonds. The summed E-state index contributed by atoms with van der Waals surface area (Å²) in [6.07, 6.45) is 2.48. The fraction of sp³-hybridized carbons (Fsp3) is 0.333. The van der Waals surface area contributed by atoms with Gasteiger partial charge in [0.2, 0.25) is 11.8 Å². The molecule has 1 unspecified atom stereocenters. The molecule has 100 valence electrons. The van der Waals surface area contributed by atoms with Crippen LogP contribution in [-0.2, 0) is 16.0 Å². The van der Waals surface area contributed by atoms with Gasteiger partial charge in [-0.15, -0.1) is 0 Å². The van der Waals surface area contributed by atoms with Crippen LogP contribution >= 0.6 is 0 Å². The van der Waals surface area contributed by atoms with Crippen molar-refractivity contribution in [3.8, 4) is 0 Å². The molecular formula is C15H18N2O2. The predicted octanol–water partition coefficient (Wildman–Crippen LogP) is 1.13. The quantitative estimate of drug-likeness (QED) is 0.823. The smallest absolute Gasteiger partial charge is 0.243 e. The fourth-order valence-electron chi connectivity index (χ4n) is 2.25. The number of likely N-dealkylation sites (tertiary alicyclic amines) is 1. The van der Waals surface area contributed by atoms with E-state index in [1.54, 1.807) is 4.90 Å². The lowest BCUT2D eigenvalue weighted by atomic mass is 10.1. The molecule has 0 aromatic heterocycles. The maximum atomic E-state index is 12.1. The van der Waals surface area contributed by atoms with Gasteiger partial charge >= 0.3 is 0 Å². The number of carbonyl (C=O) groups is 2. The maximum Gasteiger partial charge on any atom is 0.243 e. The normalized spacial score (nSPS) is 18.1. The van der Waals surface area contributed by atoms with Gasteiger partial charge in [0.15, 0.2) is 0 Å². The molecule has 1 aliphatic rings. The molecule has 4 nitrogen and oxygen atoms in total. The highest BCUT2D eigenvalue weighted by atomic mass is 16.2. The number of hydrogen-bond acceptors (Lipinski definition) is 2. The lowest BCUT2D eigenvalue weighted by Crippen LogP contribution is -2.38. The molecule has 1 N–H and O–H groups in total. The Morgan fingerprint density at radius 3 is 2.79 bits per heavy atom. The Balaban J connectivity index is 1.85. The highest BCUT2D eigenvalue weighted by Gasteiger charge is 2.26. The lowest BCUT2D eigenvalue weighted by Gasteiger charge is -2.16. The van der Waals surface area contributed by atoms with Gasteiger partial charge in [0, 0.05) is 19.1 Å². The molecule has 1 aromatic rings. The highest BCUT2D eigenvalue weighted by Crippen LogP contribution is 2.11. The monoisotopic (exact) mass is 258 g/mol. The second-order valence-corrected chi connectivity index (χ2v) is 4.70. The van der Waals surface area contributed by atoms with Crippen LogP contribution in [0.25, 0.3) is 0 Å². The first-order valence-electron chi connectivity index (χ1n) is 6.43. The minimum atomic E-state index is -0.178. The number of amides is 2. The average molecular weight is 258 g/mol. The number of rotatable bonds is 4. The van der Waals surface area contributed by atoms with Crippen molar-refractivity contribution in [2.24, 2.45) is 0 Å². The van der Waals surface area contributed by atoms with E-state index < -0.39 is 0 Å². The Morgan fingerprint density at radius 2 is 2.11 bits per heavy atom. The van der Waals surface area contributed by atoms with E-state index in [0.29, 0.717) is 19.5 Å². The van der Waals surface area contributed by atoms with Crippen molar-refractivity contribution in [2.75, 3.05) is 13.1 Å². The third-order valence-electron chi connectivity index (χ3n) is 3.27. The molecule has 19 heavy (non-hydrogen) atoms. The summed E-state index contributed by atoms with van der Waals surface area (Å²) in [7, 11) is 0. The van der Waals surface area contributed by atoms with Gasteiger partial charge in [-0.1, -0.05) is 36.9 Å². The van der Waals surface area contributed by atoms with E-state index in [4.69, 9.17) is 0 Å². The molecule has 0 aliphatic carbocycles. The molecule has 1 heterocycles. The van der Waals surface area contributed by atoms with E-state index in [2.05, 4.69) is 11.9 Å². The molecule has 0 saturated carbocycles. The molecule has 4 heteroatoms. The van der Waals surface area contributed by atoms with Crippen LogP contribution in [0.2, 0.25) is 0 Å². The second kappa shape index (κ2) is 6.18. The van der Waals surface area contributed by atoms with Gasteiger partial charge in [-0.05, 0) is 18.1 Å². The van der Waals surface area contributed by atoms with Crippen LogP contribution < -0.4 is 5.32 Å². The minimum absolute atomic E-state index is 0.0465. The van der Waals surface area contributed by atoms with Crippen molar-refractivity contribution >= 4 is 11.8 Å². The van der Waals surface area contributed by atoms with E-state index in [0.717, 1.165) is 12.0 Å². The van der Waals surface area contributed by atoms with Crippen LogP contribution in [0.3, 0.4) is 0 Å². The molecule has 1 atom stereocenters. The van der Waals surface area contributed by atoms with Crippen LogP contribution in [0.15, 0.2) is 43.0 Å². The van der Waals surface area contributed by atoms with Crippen LogP contribution in [0, 0.1) is 0 Å². The highest BCUT2D eigenvalue weighted by molar-refractivity contribution is 5.87. The number of carbonyl (C=O) groups excluding carboxylic acids is 2. The number of hydrogen-bond donors (Lipinski definition) is 1. The zero-order chi connectivity index (χ0) is 13.7. The van der Waals surface area contributed by atoms with E-state index in [1.165, 1.54) is 6.08 Å². The largest absolute Gasteiger partial charge is 0.348 e. The first-order chi connectivity index (χ1) is 9.19. The van der Waals surface area contributed by atoms with Gasteiger partial charge in [-0.25, -0.2) is 0 Å². The fourth-order valence-corrected chi connectivity index (χ4v) is 2.25. The van der Waals surface area contributed by atoms with Crippen LogP contribution in [0.1, 0.15) is 12.0 Å². The maximum absolute atomic E-state index is 12.1. The van der Waals surface area contributed by atoms with Gasteiger partial charge in [0.05, 0.1) is 6.42 Å². The third-order valence-corrected chi connectivity index (χ3v) is 3.27. The third kappa shape index (κ3) is 3.68. The minimum Gasteiger partial charge on any atom is -0.348 e. The van der Waals surface area contributed by atoms with E-state index in [9.17, 15) is 9.59 Å². The van der Waals surface area contributed by atoms with E-state index in [1.807, 2.05) is 30.3 Å². The first kappa shape index (κ1) is 13.3. The SMILES string of the molecule is C=CC(=O)NC1CCN(C(=O)Cc2ccccc2)C1. The zero-order valence-electron chi connectivity index (χ0n) is 10.8. The Kier molecular flexibility index (Phi) is 4.34. The van der Waals surface area contributed by atoms with Gasteiger partial charge in [-0.2, -0.15) is 0 Å². The van der Waals surface area contributed by atoms with Crippen molar-refractivity contribution in [3.05, 3.63) is 48.6 Å². The summed E-state index contributed by atoms with van der Waals surface area (Å²) in [5.74, 6) is -0.0658. The Morgan fingerprint density at radius 1 is 1.37 bits per heavy atom. The molecular weight excluding hydrogens is 240 g/mol. The average Bonchev–Trinajstić information content (AvgIpc) is 2.88. The van der Waals surface area contributed by atoms with Crippen molar-refractivity contribution in [1.82, 2.24) is 10.2 Å². The number of benzene rings is 1. The summed E-state index contributed by atoms with van der Waals surface area (Å²) in [4.78, 5) is 25.1. The Bertz CT molecular complexity index is 470. The van der Waals surface area contributed by atoms with Crippen molar-refractivity contribution in [2.45, 2.75) is 18.9 Å². The van der Waals surface area contributed by atoms with Crippen LogP contribution in [0.5, 0.6) is 0 Å². The summed E-state index contributed by atoms with van der Waals surface area (Å²) in [6, 6.07) is 9.74. The second-order valence-electron chi connectivity index (χ2n) is 4.70. The summed E-state index contributed by atoms with van der Waals surface area (Å²) in [6.45, 7) is 4.71. The summed E-state index contributed by atoms with van der Waals surface area (Å²) < 4.78 is 0. The van der Waals surface area contributed by atoms with Gasteiger partial charge in [0.1, 0.15) is 0 Å². The zero-order valence-corrected chi connectivity index (χ0v) is 10.8. The summed E-state index contributed by atoms with van der Waals surface area (Å²) in [5.41, 5.74) is 1.02. The molecule has 1 aliphatic heterocycles. The summed E-state index contributed by atoms with van der Waals surface area (Å²) in [5, 5.41) is 2.83. The molecule has 0 spiro atoms. The Hall–Kier alpha value is -2.10. The van der Waals surface area contributed by atoms with Crippen molar-refractivity contribution < 1.29 is 9.59 Å². The van der Waals surface area contributed by atoms with Crippen molar-refractivity contribution in [3.63, 3.8) is 0 Å². The molecule has 0 bridgehead atoms. The molecule has 1 saturated heterocycles. The molecule has 0 radical (unpaired) electrons. The lowest BCUT2D eigenvalue weighted by molar-refractivity contribution is -0.129. The summed E-state index contributed by atoms with van der Waals surface area (Å²) >= 11 is 0.